The highest BCUT2D eigenvalue weighted by molar-refractivity contribution is 7.09. The number of amides is 4. The molecule has 0 bridgehead atoms. The highest BCUT2D eigenvalue weighted by atomic mass is 32.1. The maximum atomic E-state index is 12.9. The zero-order valence-electron chi connectivity index (χ0n) is 15.1. The van der Waals surface area contributed by atoms with Crippen LogP contribution >= 0.6 is 11.3 Å². The molecule has 2 heterocycles. The van der Waals surface area contributed by atoms with Crippen LogP contribution in [0, 0.1) is 0 Å². The van der Waals surface area contributed by atoms with Crippen LogP contribution in [0.4, 0.5) is 4.79 Å². The molecule has 0 radical (unpaired) electrons. The second kappa shape index (κ2) is 7.75. The predicted octanol–water partition coefficient (Wildman–Crippen LogP) is 2.73. The van der Waals surface area contributed by atoms with E-state index in [1.807, 2.05) is 23.6 Å². The minimum Gasteiger partial charge on any atom is -0.332 e. The van der Waals surface area contributed by atoms with Crippen molar-refractivity contribution in [3.05, 3.63) is 70.9 Å². The van der Waals surface area contributed by atoms with Crippen molar-refractivity contribution in [1.29, 1.82) is 0 Å². The summed E-state index contributed by atoms with van der Waals surface area (Å²) in [6, 6.07) is 12.3. The van der Waals surface area contributed by atoms with E-state index >= 15 is 0 Å². The number of rotatable bonds is 7. The van der Waals surface area contributed by atoms with Gasteiger partial charge in [0, 0.05) is 11.4 Å². The molecule has 0 saturated carbocycles. The molecule has 1 fully saturated rings. The number of hydrogen-bond acceptors (Lipinski definition) is 4. The van der Waals surface area contributed by atoms with Gasteiger partial charge >= 0.3 is 6.03 Å². The molecule has 6 nitrogen and oxygen atoms in total. The molecule has 0 spiro atoms. The maximum Gasteiger partial charge on any atom is 0.325 e. The van der Waals surface area contributed by atoms with Crippen LogP contribution in [-0.2, 0) is 21.7 Å². The van der Waals surface area contributed by atoms with Crippen molar-refractivity contribution >= 4 is 29.2 Å². The maximum absolute atomic E-state index is 12.9. The fourth-order valence-corrected chi connectivity index (χ4v) is 3.76. The molecule has 1 aliphatic rings. The van der Waals surface area contributed by atoms with E-state index in [1.165, 1.54) is 0 Å². The number of benzene rings is 1. The van der Waals surface area contributed by atoms with Crippen molar-refractivity contribution in [2.75, 3.05) is 13.1 Å². The average Bonchev–Trinajstić information content (AvgIpc) is 3.25. The monoisotopic (exact) mass is 383 g/mol. The van der Waals surface area contributed by atoms with Gasteiger partial charge < -0.3 is 10.2 Å². The number of carbonyl (C=O) groups excluding carboxylic acids is 3. The summed E-state index contributed by atoms with van der Waals surface area (Å²) >= 11 is 1.55. The number of carbonyl (C=O) groups is 3. The van der Waals surface area contributed by atoms with E-state index in [1.54, 1.807) is 53.5 Å². The van der Waals surface area contributed by atoms with Gasteiger partial charge in [-0.05, 0) is 23.9 Å². The fourth-order valence-electron chi connectivity index (χ4n) is 3.04. The topological polar surface area (TPSA) is 69.7 Å². The van der Waals surface area contributed by atoms with Gasteiger partial charge in [-0.1, -0.05) is 42.5 Å². The lowest BCUT2D eigenvalue weighted by atomic mass is 9.92. The third-order valence-electron chi connectivity index (χ3n) is 4.55. The first kappa shape index (κ1) is 18.8. The molecule has 4 amide bonds. The standard InChI is InChI=1S/C20H21N3O3S/c1-3-11-22(13-16-10-7-12-27-16)17(24)14-23-18(25)20(2,21-19(23)26)15-8-5-4-6-9-15/h3-10,12H,1,11,13-14H2,2H3,(H,21,26)/t20-/m0/s1. The molecule has 1 aromatic heterocycles. The number of nitrogens with one attached hydrogen (secondary N) is 1. The zero-order valence-corrected chi connectivity index (χ0v) is 15.9. The van der Waals surface area contributed by atoms with Crippen molar-refractivity contribution in [3.63, 3.8) is 0 Å². The number of urea groups is 1. The first-order valence-corrected chi connectivity index (χ1v) is 9.44. The van der Waals surface area contributed by atoms with Crippen molar-refractivity contribution in [2.24, 2.45) is 0 Å². The van der Waals surface area contributed by atoms with Crippen LogP contribution in [-0.4, -0.2) is 40.7 Å². The Balaban J connectivity index is 1.75. The largest absolute Gasteiger partial charge is 0.332 e. The van der Waals surface area contributed by atoms with Crippen LogP contribution in [0.5, 0.6) is 0 Å². The first-order chi connectivity index (χ1) is 13.0. The number of nitrogens with zero attached hydrogens (tertiary/aromatic N) is 2. The van der Waals surface area contributed by atoms with Crippen LogP contribution in [0.1, 0.15) is 17.4 Å². The van der Waals surface area contributed by atoms with Gasteiger partial charge in [-0.2, -0.15) is 0 Å². The molecule has 1 N–H and O–H groups in total. The van der Waals surface area contributed by atoms with Gasteiger partial charge in [0.2, 0.25) is 5.91 Å². The van der Waals surface area contributed by atoms with Crippen LogP contribution < -0.4 is 5.32 Å². The lowest BCUT2D eigenvalue weighted by molar-refractivity contribution is -0.138. The van der Waals surface area contributed by atoms with E-state index < -0.39 is 17.5 Å². The smallest absolute Gasteiger partial charge is 0.325 e. The van der Waals surface area contributed by atoms with E-state index in [-0.39, 0.29) is 12.5 Å². The lowest BCUT2D eigenvalue weighted by Crippen LogP contribution is -2.44. The van der Waals surface area contributed by atoms with Gasteiger partial charge in [0.1, 0.15) is 12.1 Å². The molecular weight excluding hydrogens is 362 g/mol. The van der Waals surface area contributed by atoms with Crippen LogP contribution in [0.25, 0.3) is 0 Å². The van der Waals surface area contributed by atoms with Crippen LogP contribution in [0.2, 0.25) is 0 Å². The molecule has 1 aliphatic heterocycles. The van der Waals surface area contributed by atoms with Gasteiger partial charge in [0.05, 0.1) is 6.54 Å². The summed E-state index contributed by atoms with van der Waals surface area (Å²) in [5, 5.41) is 4.66. The zero-order chi connectivity index (χ0) is 19.4. The SMILES string of the molecule is C=CCN(Cc1cccs1)C(=O)CN1C(=O)N[C@@](C)(c2ccccc2)C1=O. The van der Waals surface area contributed by atoms with Crippen molar-refractivity contribution < 1.29 is 14.4 Å². The third kappa shape index (κ3) is 3.78. The molecule has 3 rings (SSSR count). The van der Waals surface area contributed by atoms with Gasteiger partial charge in [-0.25, -0.2) is 4.79 Å². The Hall–Kier alpha value is -2.93. The quantitative estimate of drug-likeness (QED) is 0.590. The molecule has 0 unspecified atom stereocenters. The normalized spacial score (nSPS) is 19.1. The highest BCUT2D eigenvalue weighted by Crippen LogP contribution is 2.28. The second-order valence-corrected chi connectivity index (χ2v) is 7.49. The molecule has 1 aromatic carbocycles. The summed E-state index contributed by atoms with van der Waals surface area (Å²) in [4.78, 5) is 41.7. The predicted molar refractivity (Wildman–Crippen MR) is 104 cm³/mol. The van der Waals surface area contributed by atoms with Gasteiger partial charge in [0.15, 0.2) is 0 Å². The summed E-state index contributed by atoms with van der Waals surface area (Å²) < 4.78 is 0. The van der Waals surface area contributed by atoms with Gasteiger partial charge in [0.25, 0.3) is 5.91 Å². The molecule has 140 valence electrons. The fraction of sp³-hybridized carbons (Fsp3) is 0.250. The second-order valence-electron chi connectivity index (χ2n) is 6.45. The molecule has 27 heavy (non-hydrogen) atoms. The van der Waals surface area contributed by atoms with Gasteiger partial charge in [-0.15, -0.1) is 17.9 Å². The van der Waals surface area contributed by atoms with E-state index in [4.69, 9.17) is 0 Å². The van der Waals surface area contributed by atoms with Crippen LogP contribution in [0.15, 0.2) is 60.5 Å². The number of imide groups is 1. The Labute approximate surface area is 162 Å². The van der Waals surface area contributed by atoms with Crippen LogP contribution in [0.3, 0.4) is 0 Å². The number of thiophene rings is 1. The Kier molecular flexibility index (Phi) is 5.41. The Bertz CT molecular complexity index is 851. The first-order valence-electron chi connectivity index (χ1n) is 8.56. The van der Waals surface area contributed by atoms with Crippen molar-refractivity contribution in [2.45, 2.75) is 19.0 Å². The van der Waals surface area contributed by atoms with Gasteiger partial charge in [-0.3, -0.25) is 14.5 Å². The minimum absolute atomic E-state index is 0.299. The van der Waals surface area contributed by atoms with E-state index in [0.717, 1.165) is 9.78 Å². The average molecular weight is 383 g/mol. The molecule has 0 aliphatic carbocycles. The Morgan fingerprint density at radius 1 is 1.26 bits per heavy atom. The van der Waals surface area contributed by atoms with E-state index in [9.17, 15) is 14.4 Å². The Morgan fingerprint density at radius 3 is 2.63 bits per heavy atom. The summed E-state index contributed by atoms with van der Waals surface area (Å²) in [5.41, 5.74) is -0.491. The van der Waals surface area contributed by atoms with E-state index in [0.29, 0.717) is 18.7 Å². The number of hydrogen-bond donors (Lipinski definition) is 1. The summed E-state index contributed by atoms with van der Waals surface area (Å²) in [6.45, 7) is 5.80. The van der Waals surface area contributed by atoms with Crippen molar-refractivity contribution in [1.82, 2.24) is 15.1 Å². The summed E-state index contributed by atoms with van der Waals surface area (Å²) in [5.74, 6) is -0.731. The Morgan fingerprint density at radius 2 is 2.00 bits per heavy atom. The lowest BCUT2D eigenvalue weighted by Gasteiger charge is -2.24. The highest BCUT2D eigenvalue weighted by Gasteiger charge is 2.49. The van der Waals surface area contributed by atoms with E-state index in [2.05, 4.69) is 11.9 Å². The molecule has 1 saturated heterocycles. The summed E-state index contributed by atoms with van der Waals surface area (Å²) in [7, 11) is 0. The molecular formula is C20H21N3O3S. The molecule has 2 aromatic rings. The molecule has 1 atom stereocenters. The summed E-state index contributed by atoms with van der Waals surface area (Å²) in [6.07, 6.45) is 1.63. The van der Waals surface area contributed by atoms with Crippen molar-refractivity contribution in [3.8, 4) is 0 Å². The third-order valence-corrected chi connectivity index (χ3v) is 5.41. The molecule has 7 heteroatoms. The minimum atomic E-state index is -1.17.